The van der Waals surface area contributed by atoms with Crippen molar-refractivity contribution in [3.8, 4) is 0 Å². The lowest BCUT2D eigenvalue weighted by Gasteiger charge is -2.42. The summed E-state index contributed by atoms with van der Waals surface area (Å²) in [7, 11) is 1.95. The normalized spacial score (nSPS) is 21.7. The summed E-state index contributed by atoms with van der Waals surface area (Å²) in [6.07, 6.45) is 1.06. The van der Waals surface area contributed by atoms with Gasteiger partial charge in [0.2, 0.25) is 0 Å². The van der Waals surface area contributed by atoms with Crippen molar-refractivity contribution in [2.75, 3.05) is 13.1 Å². The van der Waals surface area contributed by atoms with Gasteiger partial charge in [-0.3, -0.25) is 9.59 Å². The summed E-state index contributed by atoms with van der Waals surface area (Å²) in [6, 6.07) is 15.6. The lowest BCUT2D eigenvalue weighted by atomic mass is 9.83. The van der Waals surface area contributed by atoms with E-state index in [-0.39, 0.29) is 17.4 Å². The van der Waals surface area contributed by atoms with Gasteiger partial charge in [-0.2, -0.15) is 0 Å². The molecule has 1 aromatic carbocycles. The fourth-order valence-corrected chi connectivity index (χ4v) is 4.72. The number of hydrogen-bond acceptors (Lipinski definition) is 2. The molecule has 2 unspecified atom stereocenters. The van der Waals surface area contributed by atoms with Crippen LogP contribution in [0, 0.1) is 5.92 Å². The topological polar surface area (TPSA) is 47.2 Å². The van der Waals surface area contributed by atoms with E-state index >= 15 is 0 Å². The molecule has 1 fully saturated rings. The molecule has 5 heteroatoms. The zero-order valence-corrected chi connectivity index (χ0v) is 14.8. The molecule has 2 aliphatic rings. The van der Waals surface area contributed by atoms with Crippen LogP contribution in [-0.4, -0.2) is 33.0 Å². The van der Waals surface area contributed by atoms with Crippen molar-refractivity contribution in [1.82, 2.24) is 14.0 Å². The Morgan fingerprint density at radius 1 is 1.04 bits per heavy atom. The molecule has 1 amide bonds. The fraction of sp³-hybridized carbons (Fsp3) is 0.333. The van der Waals surface area contributed by atoms with Gasteiger partial charge in [-0.15, -0.1) is 0 Å². The molecule has 2 bridgehead atoms. The second kappa shape index (κ2) is 5.59. The van der Waals surface area contributed by atoms with Gasteiger partial charge in [0, 0.05) is 55.3 Å². The Kier molecular flexibility index (Phi) is 3.32. The molecule has 2 aromatic heterocycles. The van der Waals surface area contributed by atoms with Crippen molar-refractivity contribution in [3.63, 3.8) is 0 Å². The van der Waals surface area contributed by atoms with Gasteiger partial charge in [-0.1, -0.05) is 24.3 Å². The Labute approximate surface area is 151 Å². The predicted molar refractivity (Wildman–Crippen MR) is 100 cm³/mol. The average molecular weight is 347 g/mol. The van der Waals surface area contributed by atoms with Crippen molar-refractivity contribution in [2.24, 2.45) is 13.0 Å². The van der Waals surface area contributed by atoms with E-state index in [0.717, 1.165) is 35.3 Å². The number of aromatic nitrogens is 2. The van der Waals surface area contributed by atoms with Crippen LogP contribution in [-0.2, 0) is 13.6 Å². The van der Waals surface area contributed by atoms with Crippen LogP contribution >= 0.6 is 0 Å². The Balaban J connectivity index is 1.49. The van der Waals surface area contributed by atoms with Crippen LogP contribution in [0.25, 0.3) is 10.9 Å². The van der Waals surface area contributed by atoms with E-state index in [1.54, 1.807) is 6.07 Å². The largest absolute Gasteiger partial charge is 0.340 e. The zero-order chi connectivity index (χ0) is 17.8. The number of pyridine rings is 1. The van der Waals surface area contributed by atoms with Crippen molar-refractivity contribution in [3.05, 3.63) is 70.3 Å². The fourth-order valence-electron chi connectivity index (χ4n) is 4.72. The van der Waals surface area contributed by atoms with Crippen molar-refractivity contribution in [2.45, 2.75) is 18.9 Å². The zero-order valence-electron chi connectivity index (χ0n) is 14.8. The molecule has 2 aliphatic heterocycles. The number of likely N-dealkylation sites (tertiary alicyclic amines) is 1. The Bertz CT molecular complexity index is 1080. The summed E-state index contributed by atoms with van der Waals surface area (Å²) in [4.78, 5) is 27.4. The number of hydrogen-bond donors (Lipinski definition) is 0. The summed E-state index contributed by atoms with van der Waals surface area (Å²) in [5.74, 6) is 0.681. The number of piperidine rings is 1. The Hall–Kier alpha value is -2.82. The minimum atomic E-state index is 0.0747. The number of carbonyl (C=O) groups is 1. The van der Waals surface area contributed by atoms with Crippen LogP contribution in [0.3, 0.4) is 0 Å². The summed E-state index contributed by atoms with van der Waals surface area (Å²) < 4.78 is 3.89. The maximum Gasteiger partial charge on any atom is 0.270 e. The van der Waals surface area contributed by atoms with Crippen molar-refractivity contribution >= 4 is 16.8 Å². The number of nitrogens with zero attached hydrogens (tertiary/aromatic N) is 3. The third kappa shape index (κ3) is 2.23. The van der Waals surface area contributed by atoms with Gasteiger partial charge in [0.05, 0.1) is 0 Å². The standard InChI is InChI=1S/C21H21N3O2/c1-22-17-6-3-2-5-15(17)10-19(22)21(26)23-11-14-9-16(13-23)18-7-4-8-20(25)24(18)12-14/h2-8,10,14,16H,9,11-13H2,1H3. The van der Waals surface area contributed by atoms with Gasteiger partial charge in [-0.05, 0) is 30.5 Å². The molecule has 0 spiro atoms. The first-order chi connectivity index (χ1) is 12.6. The van der Waals surface area contributed by atoms with E-state index in [2.05, 4.69) is 0 Å². The van der Waals surface area contributed by atoms with Gasteiger partial charge in [0.15, 0.2) is 0 Å². The quantitative estimate of drug-likeness (QED) is 0.679. The Morgan fingerprint density at radius 2 is 1.88 bits per heavy atom. The molecule has 5 nitrogen and oxygen atoms in total. The highest BCUT2D eigenvalue weighted by Crippen LogP contribution is 2.35. The molecular formula is C21H21N3O2. The van der Waals surface area contributed by atoms with Crippen LogP contribution in [0.1, 0.15) is 28.5 Å². The molecule has 4 heterocycles. The number of para-hydroxylation sites is 1. The van der Waals surface area contributed by atoms with Gasteiger partial charge < -0.3 is 14.0 Å². The second-order valence-electron chi connectivity index (χ2n) is 7.56. The van der Waals surface area contributed by atoms with Gasteiger partial charge in [0.1, 0.15) is 5.69 Å². The molecular weight excluding hydrogens is 326 g/mol. The number of aryl methyl sites for hydroxylation is 1. The second-order valence-corrected chi connectivity index (χ2v) is 7.56. The van der Waals surface area contributed by atoms with Gasteiger partial charge in [-0.25, -0.2) is 0 Å². The molecule has 0 aliphatic carbocycles. The third-order valence-corrected chi connectivity index (χ3v) is 5.94. The minimum absolute atomic E-state index is 0.0747. The summed E-state index contributed by atoms with van der Waals surface area (Å²) in [6.45, 7) is 2.11. The molecule has 0 radical (unpaired) electrons. The van der Waals surface area contributed by atoms with E-state index in [0.29, 0.717) is 19.0 Å². The van der Waals surface area contributed by atoms with Crippen LogP contribution in [0.4, 0.5) is 0 Å². The molecule has 1 saturated heterocycles. The van der Waals surface area contributed by atoms with Crippen LogP contribution in [0.15, 0.2) is 53.3 Å². The summed E-state index contributed by atoms with van der Waals surface area (Å²) in [5, 5.41) is 1.09. The molecule has 0 saturated carbocycles. The molecule has 132 valence electrons. The van der Waals surface area contributed by atoms with Crippen LogP contribution in [0.5, 0.6) is 0 Å². The van der Waals surface area contributed by atoms with E-state index in [1.807, 2.05) is 63.5 Å². The third-order valence-electron chi connectivity index (χ3n) is 5.94. The van der Waals surface area contributed by atoms with Crippen LogP contribution in [0.2, 0.25) is 0 Å². The monoisotopic (exact) mass is 347 g/mol. The lowest BCUT2D eigenvalue weighted by Crippen LogP contribution is -2.49. The number of carbonyl (C=O) groups excluding carboxylic acids is 1. The highest BCUT2D eigenvalue weighted by molar-refractivity contribution is 5.98. The predicted octanol–water partition coefficient (Wildman–Crippen LogP) is 2.60. The first-order valence-corrected chi connectivity index (χ1v) is 9.15. The van der Waals surface area contributed by atoms with E-state index in [1.165, 1.54) is 0 Å². The van der Waals surface area contributed by atoms with Crippen molar-refractivity contribution in [1.29, 1.82) is 0 Å². The maximum atomic E-state index is 13.2. The van der Waals surface area contributed by atoms with Gasteiger partial charge in [0.25, 0.3) is 11.5 Å². The lowest BCUT2D eigenvalue weighted by molar-refractivity contribution is 0.0585. The van der Waals surface area contributed by atoms with E-state index < -0.39 is 0 Å². The molecule has 3 aromatic rings. The van der Waals surface area contributed by atoms with Crippen molar-refractivity contribution < 1.29 is 4.79 Å². The smallest absolute Gasteiger partial charge is 0.270 e. The van der Waals surface area contributed by atoms with E-state index in [4.69, 9.17) is 0 Å². The number of benzene rings is 1. The highest BCUT2D eigenvalue weighted by atomic mass is 16.2. The summed E-state index contributed by atoms with van der Waals surface area (Å²) >= 11 is 0. The number of fused-ring (bicyclic) bond motifs is 5. The summed E-state index contributed by atoms with van der Waals surface area (Å²) in [5.41, 5.74) is 2.95. The molecule has 5 rings (SSSR count). The minimum Gasteiger partial charge on any atom is -0.340 e. The SMILES string of the molecule is Cn1c(C(=O)N2CC3CC(C2)c2cccc(=O)n2C3)cc2ccccc21. The van der Waals surface area contributed by atoms with Gasteiger partial charge >= 0.3 is 0 Å². The Morgan fingerprint density at radius 3 is 2.73 bits per heavy atom. The highest BCUT2D eigenvalue weighted by Gasteiger charge is 2.37. The van der Waals surface area contributed by atoms with E-state index in [9.17, 15) is 9.59 Å². The maximum absolute atomic E-state index is 13.2. The number of rotatable bonds is 1. The van der Waals surface area contributed by atoms with Crippen LogP contribution < -0.4 is 5.56 Å². The first-order valence-electron chi connectivity index (χ1n) is 9.15. The molecule has 26 heavy (non-hydrogen) atoms. The average Bonchev–Trinajstić information content (AvgIpc) is 2.99. The number of amides is 1. The molecule has 0 N–H and O–H groups in total. The first kappa shape index (κ1) is 15.4. The molecule has 2 atom stereocenters.